The Labute approximate surface area is 84.3 Å². The number of nitrogens with one attached hydrogen (secondary N) is 1. The molecule has 0 spiro atoms. The molecule has 1 aromatic rings. The zero-order chi connectivity index (χ0) is 10.7. The maximum absolute atomic E-state index is 11.1. The van der Waals surface area contributed by atoms with Gasteiger partial charge in [-0.05, 0) is 38.5 Å². The van der Waals surface area contributed by atoms with Crippen molar-refractivity contribution in [1.29, 1.82) is 0 Å². The van der Waals surface area contributed by atoms with Crippen molar-refractivity contribution in [2.45, 2.75) is 26.8 Å². The van der Waals surface area contributed by atoms with Gasteiger partial charge in [-0.2, -0.15) is 0 Å². The van der Waals surface area contributed by atoms with Crippen LogP contribution < -0.4 is 11.1 Å². The topological polar surface area (TPSA) is 55.1 Å². The number of carbonyl (C=O) groups is 1. The molecule has 0 unspecified atom stereocenters. The Kier molecular flexibility index (Phi) is 3.12. The number of hydrogen-bond acceptors (Lipinski definition) is 2. The Bertz CT molecular complexity index is 345. The average molecular weight is 192 g/mol. The molecule has 0 radical (unpaired) electrons. The molecule has 0 aliphatic heterocycles. The van der Waals surface area contributed by atoms with Gasteiger partial charge in [-0.25, -0.2) is 0 Å². The summed E-state index contributed by atoms with van der Waals surface area (Å²) in [5.74, 6) is -0.380. The van der Waals surface area contributed by atoms with Crippen LogP contribution in [0, 0.1) is 6.92 Å². The molecule has 0 saturated heterocycles. The van der Waals surface area contributed by atoms with Crippen LogP contribution >= 0.6 is 0 Å². The van der Waals surface area contributed by atoms with Gasteiger partial charge in [0.25, 0.3) is 0 Å². The molecule has 0 aromatic heterocycles. The second kappa shape index (κ2) is 4.13. The molecule has 1 aromatic carbocycles. The van der Waals surface area contributed by atoms with Crippen LogP contribution in [-0.2, 0) is 0 Å². The van der Waals surface area contributed by atoms with E-state index in [1.165, 1.54) is 0 Å². The van der Waals surface area contributed by atoms with Gasteiger partial charge in [0.1, 0.15) is 0 Å². The molecule has 1 amide bonds. The first-order valence-corrected chi connectivity index (χ1v) is 4.68. The predicted octanol–water partition coefficient (Wildman–Crippen LogP) is 1.91. The molecule has 3 nitrogen and oxygen atoms in total. The molecular formula is C11H16N2O. The van der Waals surface area contributed by atoms with E-state index in [-0.39, 0.29) is 5.91 Å². The summed E-state index contributed by atoms with van der Waals surface area (Å²) < 4.78 is 0. The third kappa shape index (κ3) is 2.25. The van der Waals surface area contributed by atoms with Gasteiger partial charge in [-0.15, -0.1) is 0 Å². The van der Waals surface area contributed by atoms with Gasteiger partial charge in [0.2, 0.25) is 5.91 Å². The van der Waals surface area contributed by atoms with Crippen LogP contribution in [0.1, 0.15) is 29.8 Å². The zero-order valence-electron chi connectivity index (χ0n) is 8.79. The molecule has 0 bridgehead atoms. The molecule has 0 fully saturated rings. The molecular weight excluding hydrogens is 176 g/mol. The van der Waals surface area contributed by atoms with E-state index in [2.05, 4.69) is 19.2 Å². The van der Waals surface area contributed by atoms with Gasteiger partial charge in [0, 0.05) is 17.3 Å². The Morgan fingerprint density at radius 2 is 2.07 bits per heavy atom. The summed E-state index contributed by atoms with van der Waals surface area (Å²) >= 11 is 0. The second-order valence-electron chi connectivity index (χ2n) is 3.64. The van der Waals surface area contributed by atoms with E-state index in [0.717, 1.165) is 11.3 Å². The lowest BCUT2D eigenvalue weighted by Crippen LogP contribution is -2.16. The maximum atomic E-state index is 11.1. The second-order valence-corrected chi connectivity index (χ2v) is 3.64. The number of carbonyl (C=O) groups excluding carboxylic acids is 1. The summed E-state index contributed by atoms with van der Waals surface area (Å²) in [6.45, 7) is 6.00. The maximum Gasteiger partial charge on any atom is 0.249 e. The van der Waals surface area contributed by atoms with Gasteiger partial charge in [0.15, 0.2) is 0 Å². The summed E-state index contributed by atoms with van der Waals surface area (Å²) in [6.07, 6.45) is 0. The van der Waals surface area contributed by atoms with Crippen molar-refractivity contribution < 1.29 is 4.79 Å². The van der Waals surface area contributed by atoms with E-state index < -0.39 is 0 Å². The summed E-state index contributed by atoms with van der Waals surface area (Å²) in [5.41, 5.74) is 7.71. The van der Waals surface area contributed by atoms with Gasteiger partial charge in [-0.3, -0.25) is 4.79 Å². The van der Waals surface area contributed by atoms with Crippen molar-refractivity contribution in [2.24, 2.45) is 5.73 Å². The minimum absolute atomic E-state index is 0.344. The molecule has 0 aliphatic rings. The minimum Gasteiger partial charge on any atom is -0.383 e. The Balaban J connectivity index is 3.07. The summed E-state index contributed by atoms with van der Waals surface area (Å²) in [6, 6.07) is 5.86. The van der Waals surface area contributed by atoms with Crippen molar-refractivity contribution in [2.75, 3.05) is 5.32 Å². The van der Waals surface area contributed by atoms with Crippen LogP contribution in [0.15, 0.2) is 18.2 Å². The van der Waals surface area contributed by atoms with E-state index >= 15 is 0 Å². The quantitative estimate of drug-likeness (QED) is 0.768. The lowest BCUT2D eigenvalue weighted by atomic mass is 10.1. The Morgan fingerprint density at radius 1 is 1.43 bits per heavy atom. The summed E-state index contributed by atoms with van der Waals surface area (Å²) in [4.78, 5) is 11.1. The summed E-state index contributed by atoms with van der Waals surface area (Å²) in [7, 11) is 0. The molecule has 3 N–H and O–H groups in total. The van der Waals surface area contributed by atoms with Crippen LogP contribution in [0.2, 0.25) is 0 Å². The first-order valence-electron chi connectivity index (χ1n) is 4.68. The van der Waals surface area contributed by atoms with Gasteiger partial charge in [-0.1, -0.05) is 6.07 Å². The smallest absolute Gasteiger partial charge is 0.249 e. The monoisotopic (exact) mass is 192 g/mol. The van der Waals surface area contributed by atoms with Crippen molar-refractivity contribution in [3.8, 4) is 0 Å². The van der Waals surface area contributed by atoms with E-state index in [4.69, 9.17) is 5.73 Å². The lowest BCUT2D eigenvalue weighted by Gasteiger charge is -2.14. The van der Waals surface area contributed by atoms with Crippen molar-refractivity contribution >= 4 is 11.6 Å². The normalized spacial score (nSPS) is 10.3. The predicted molar refractivity (Wildman–Crippen MR) is 58.5 cm³/mol. The highest BCUT2D eigenvalue weighted by molar-refractivity contribution is 5.95. The molecule has 0 saturated carbocycles. The molecule has 76 valence electrons. The third-order valence-corrected chi connectivity index (χ3v) is 2.04. The Morgan fingerprint density at radius 3 is 2.57 bits per heavy atom. The number of nitrogens with two attached hydrogens (primary N) is 1. The number of benzene rings is 1. The van der Waals surface area contributed by atoms with Crippen LogP contribution in [0.3, 0.4) is 0 Å². The minimum atomic E-state index is -0.380. The van der Waals surface area contributed by atoms with Crippen LogP contribution in [-0.4, -0.2) is 11.9 Å². The largest absolute Gasteiger partial charge is 0.383 e. The average Bonchev–Trinajstić information content (AvgIpc) is 2.07. The van der Waals surface area contributed by atoms with Crippen molar-refractivity contribution in [1.82, 2.24) is 0 Å². The van der Waals surface area contributed by atoms with E-state index in [0.29, 0.717) is 11.6 Å². The fourth-order valence-corrected chi connectivity index (χ4v) is 1.37. The number of primary amides is 1. The number of hydrogen-bond donors (Lipinski definition) is 2. The zero-order valence-corrected chi connectivity index (χ0v) is 8.79. The molecule has 3 heteroatoms. The van der Waals surface area contributed by atoms with Crippen LogP contribution in [0.25, 0.3) is 0 Å². The van der Waals surface area contributed by atoms with Crippen LogP contribution in [0.4, 0.5) is 5.69 Å². The van der Waals surface area contributed by atoms with E-state index in [9.17, 15) is 4.79 Å². The number of rotatable bonds is 3. The highest BCUT2D eigenvalue weighted by atomic mass is 16.1. The number of amides is 1. The highest BCUT2D eigenvalue weighted by Crippen LogP contribution is 2.19. The van der Waals surface area contributed by atoms with Gasteiger partial charge >= 0.3 is 0 Å². The van der Waals surface area contributed by atoms with Gasteiger partial charge < -0.3 is 11.1 Å². The summed E-state index contributed by atoms with van der Waals surface area (Å²) in [5, 5.41) is 3.26. The van der Waals surface area contributed by atoms with E-state index in [1.807, 2.05) is 19.1 Å². The van der Waals surface area contributed by atoms with Crippen LogP contribution in [0.5, 0.6) is 0 Å². The Hall–Kier alpha value is -1.51. The van der Waals surface area contributed by atoms with Crippen molar-refractivity contribution in [3.05, 3.63) is 29.3 Å². The third-order valence-electron chi connectivity index (χ3n) is 2.04. The van der Waals surface area contributed by atoms with E-state index in [1.54, 1.807) is 6.07 Å². The fourth-order valence-electron chi connectivity index (χ4n) is 1.37. The van der Waals surface area contributed by atoms with Gasteiger partial charge in [0.05, 0.1) is 0 Å². The molecule has 0 aliphatic carbocycles. The first kappa shape index (κ1) is 10.6. The molecule has 1 rings (SSSR count). The molecule has 0 heterocycles. The molecule has 14 heavy (non-hydrogen) atoms. The SMILES string of the molecule is Cc1c(NC(C)C)cccc1C(N)=O. The standard InChI is InChI=1S/C11H16N2O/c1-7(2)13-10-6-4-5-9(8(10)3)11(12)14/h4-7,13H,1-3H3,(H2,12,14). The fraction of sp³-hybridized carbons (Fsp3) is 0.364. The highest BCUT2D eigenvalue weighted by Gasteiger charge is 2.08. The van der Waals surface area contributed by atoms with Crippen molar-refractivity contribution in [3.63, 3.8) is 0 Å². The first-order chi connectivity index (χ1) is 6.52. The number of anilines is 1. The molecule has 0 atom stereocenters. The lowest BCUT2D eigenvalue weighted by molar-refractivity contribution is 0.1000.